The number of piperidine rings is 1. The number of likely N-dealkylation sites (N-methyl/N-ethyl adjacent to an activating group) is 1. The molecule has 0 aromatic carbocycles. The predicted molar refractivity (Wildman–Crippen MR) is 80.1 cm³/mol. The Morgan fingerprint density at radius 1 is 1.28 bits per heavy atom. The molecule has 1 heterocycles. The third kappa shape index (κ3) is 5.25. The van der Waals surface area contributed by atoms with Crippen LogP contribution in [-0.4, -0.2) is 60.6 Å². The van der Waals surface area contributed by atoms with E-state index < -0.39 is 0 Å². The average Bonchev–Trinajstić information content (AvgIpc) is 2.34. The highest BCUT2D eigenvalue weighted by Crippen LogP contribution is 2.17. The molecule has 0 aromatic rings. The average molecular weight is 255 g/mol. The van der Waals surface area contributed by atoms with Gasteiger partial charge in [-0.2, -0.15) is 0 Å². The van der Waals surface area contributed by atoms with Crippen molar-refractivity contribution in [3.05, 3.63) is 0 Å². The molecule has 108 valence electrons. The highest BCUT2D eigenvalue weighted by Gasteiger charge is 2.24. The first-order valence-corrected chi connectivity index (χ1v) is 7.53. The lowest BCUT2D eigenvalue weighted by atomic mass is 10.0. The standard InChI is InChI=1S/C15H33N3/c1-7-18-10-8-14(9-11-18)17(6)13(2)12-16-15(3,4)5/h13-14,16H,7-12H2,1-6H3. The summed E-state index contributed by atoms with van der Waals surface area (Å²) in [5, 5.41) is 3.61. The molecule has 1 fully saturated rings. The highest BCUT2D eigenvalue weighted by molar-refractivity contribution is 4.82. The van der Waals surface area contributed by atoms with Gasteiger partial charge in [-0.1, -0.05) is 6.92 Å². The fourth-order valence-electron chi connectivity index (χ4n) is 2.60. The Morgan fingerprint density at radius 2 is 1.83 bits per heavy atom. The summed E-state index contributed by atoms with van der Waals surface area (Å²) in [5.74, 6) is 0. The monoisotopic (exact) mass is 255 g/mol. The summed E-state index contributed by atoms with van der Waals surface area (Å²) in [6.07, 6.45) is 2.65. The number of rotatable bonds is 5. The molecule has 0 aliphatic carbocycles. The minimum atomic E-state index is 0.223. The van der Waals surface area contributed by atoms with Crippen LogP contribution in [0.4, 0.5) is 0 Å². The topological polar surface area (TPSA) is 18.5 Å². The van der Waals surface area contributed by atoms with Crippen LogP contribution in [0.5, 0.6) is 0 Å². The van der Waals surface area contributed by atoms with Gasteiger partial charge in [-0.05, 0) is 67.2 Å². The van der Waals surface area contributed by atoms with Crippen molar-refractivity contribution in [2.24, 2.45) is 0 Å². The maximum absolute atomic E-state index is 3.61. The van der Waals surface area contributed by atoms with E-state index in [1.165, 1.54) is 32.5 Å². The quantitative estimate of drug-likeness (QED) is 0.812. The zero-order valence-electron chi connectivity index (χ0n) is 13.3. The SMILES string of the molecule is CCN1CCC(N(C)C(C)CNC(C)(C)C)CC1. The second-order valence-corrected chi connectivity index (χ2v) is 6.81. The van der Waals surface area contributed by atoms with Crippen LogP contribution in [-0.2, 0) is 0 Å². The first kappa shape index (κ1) is 15.9. The molecule has 1 saturated heterocycles. The molecule has 3 nitrogen and oxygen atoms in total. The maximum atomic E-state index is 3.61. The van der Waals surface area contributed by atoms with Gasteiger partial charge in [-0.3, -0.25) is 4.90 Å². The summed E-state index contributed by atoms with van der Waals surface area (Å²) in [6, 6.07) is 1.38. The first-order chi connectivity index (χ1) is 8.33. The van der Waals surface area contributed by atoms with Gasteiger partial charge in [0, 0.05) is 24.2 Å². The number of hydrogen-bond acceptors (Lipinski definition) is 3. The van der Waals surface area contributed by atoms with Gasteiger partial charge < -0.3 is 10.2 Å². The summed E-state index contributed by atoms with van der Waals surface area (Å²) in [7, 11) is 2.29. The van der Waals surface area contributed by atoms with E-state index >= 15 is 0 Å². The molecule has 1 atom stereocenters. The van der Waals surface area contributed by atoms with Crippen molar-refractivity contribution in [1.82, 2.24) is 15.1 Å². The molecule has 18 heavy (non-hydrogen) atoms. The third-order valence-corrected chi connectivity index (χ3v) is 4.20. The minimum Gasteiger partial charge on any atom is -0.311 e. The number of nitrogens with zero attached hydrogens (tertiary/aromatic N) is 2. The van der Waals surface area contributed by atoms with Crippen LogP contribution in [0.2, 0.25) is 0 Å². The molecule has 0 spiro atoms. The Labute approximate surface area is 114 Å². The second-order valence-electron chi connectivity index (χ2n) is 6.81. The lowest BCUT2D eigenvalue weighted by molar-refractivity contribution is 0.101. The van der Waals surface area contributed by atoms with Gasteiger partial charge in [-0.25, -0.2) is 0 Å². The minimum absolute atomic E-state index is 0.223. The van der Waals surface area contributed by atoms with E-state index in [9.17, 15) is 0 Å². The molecule has 1 aliphatic rings. The zero-order valence-corrected chi connectivity index (χ0v) is 13.3. The smallest absolute Gasteiger partial charge is 0.0192 e. The van der Waals surface area contributed by atoms with E-state index in [2.05, 4.69) is 56.8 Å². The van der Waals surface area contributed by atoms with Crippen molar-refractivity contribution >= 4 is 0 Å². The highest BCUT2D eigenvalue weighted by atomic mass is 15.2. The second kappa shape index (κ2) is 6.88. The van der Waals surface area contributed by atoms with Gasteiger partial charge >= 0.3 is 0 Å². The van der Waals surface area contributed by atoms with Crippen molar-refractivity contribution in [3.63, 3.8) is 0 Å². The molecule has 1 N–H and O–H groups in total. The summed E-state index contributed by atoms with van der Waals surface area (Å²) in [6.45, 7) is 16.1. The molecule has 1 rings (SSSR count). The van der Waals surface area contributed by atoms with Gasteiger partial charge in [0.25, 0.3) is 0 Å². The van der Waals surface area contributed by atoms with Crippen molar-refractivity contribution in [1.29, 1.82) is 0 Å². The van der Waals surface area contributed by atoms with Crippen LogP contribution in [0, 0.1) is 0 Å². The molecule has 0 amide bonds. The van der Waals surface area contributed by atoms with E-state index in [4.69, 9.17) is 0 Å². The van der Waals surface area contributed by atoms with Gasteiger partial charge in [0.15, 0.2) is 0 Å². The Balaban J connectivity index is 2.33. The Kier molecular flexibility index (Phi) is 6.09. The Hall–Kier alpha value is -0.120. The van der Waals surface area contributed by atoms with Gasteiger partial charge in [-0.15, -0.1) is 0 Å². The van der Waals surface area contributed by atoms with E-state index in [0.29, 0.717) is 6.04 Å². The van der Waals surface area contributed by atoms with E-state index in [1.807, 2.05) is 0 Å². The van der Waals surface area contributed by atoms with Crippen LogP contribution >= 0.6 is 0 Å². The predicted octanol–water partition coefficient (Wildman–Crippen LogP) is 2.18. The van der Waals surface area contributed by atoms with Crippen molar-refractivity contribution in [2.45, 2.75) is 65.1 Å². The molecular weight excluding hydrogens is 222 g/mol. The summed E-state index contributed by atoms with van der Waals surface area (Å²) in [4.78, 5) is 5.13. The van der Waals surface area contributed by atoms with Gasteiger partial charge in [0.05, 0.1) is 0 Å². The molecule has 3 heteroatoms. The van der Waals surface area contributed by atoms with Crippen LogP contribution in [0.15, 0.2) is 0 Å². The van der Waals surface area contributed by atoms with E-state index in [-0.39, 0.29) is 5.54 Å². The van der Waals surface area contributed by atoms with E-state index in [0.717, 1.165) is 12.6 Å². The van der Waals surface area contributed by atoms with Crippen LogP contribution in [0.25, 0.3) is 0 Å². The van der Waals surface area contributed by atoms with Gasteiger partial charge in [0.2, 0.25) is 0 Å². The number of nitrogens with one attached hydrogen (secondary N) is 1. The van der Waals surface area contributed by atoms with Crippen molar-refractivity contribution in [2.75, 3.05) is 33.2 Å². The summed E-state index contributed by atoms with van der Waals surface area (Å²) < 4.78 is 0. The van der Waals surface area contributed by atoms with E-state index in [1.54, 1.807) is 0 Å². The van der Waals surface area contributed by atoms with Gasteiger partial charge in [0.1, 0.15) is 0 Å². The summed E-state index contributed by atoms with van der Waals surface area (Å²) >= 11 is 0. The molecule has 0 radical (unpaired) electrons. The molecule has 0 bridgehead atoms. The fraction of sp³-hybridized carbons (Fsp3) is 1.00. The molecule has 1 aliphatic heterocycles. The molecular formula is C15H33N3. The number of hydrogen-bond donors (Lipinski definition) is 1. The normalized spacial score (nSPS) is 21.5. The molecule has 1 unspecified atom stereocenters. The first-order valence-electron chi connectivity index (χ1n) is 7.53. The van der Waals surface area contributed by atoms with Crippen LogP contribution < -0.4 is 5.32 Å². The molecule has 0 aromatic heterocycles. The van der Waals surface area contributed by atoms with Crippen LogP contribution in [0.3, 0.4) is 0 Å². The fourth-order valence-corrected chi connectivity index (χ4v) is 2.60. The largest absolute Gasteiger partial charge is 0.311 e. The maximum Gasteiger partial charge on any atom is 0.0192 e. The molecule has 0 saturated carbocycles. The lowest BCUT2D eigenvalue weighted by Gasteiger charge is -2.39. The van der Waals surface area contributed by atoms with Crippen LogP contribution in [0.1, 0.15) is 47.5 Å². The number of likely N-dealkylation sites (tertiary alicyclic amines) is 1. The van der Waals surface area contributed by atoms with Crippen molar-refractivity contribution < 1.29 is 0 Å². The zero-order chi connectivity index (χ0) is 13.8. The Morgan fingerprint density at radius 3 is 2.28 bits per heavy atom. The van der Waals surface area contributed by atoms with Crippen molar-refractivity contribution in [3.8, 4) is 0 Å². The Bertz CT molecular complexity index is 226. The third-order valence-electron chi connectivity index (χ3n) is 4.20. The lowest BCUT2D eigenvalue weighted by Crippen LogP contribution is -2.51. The summed E-state index contributed by atoms with van der Waals surface area (Å²) in [5.41, 5.74) is 0.223.